The smallest absolute Gasteiger partial charge is 0.0351 e. The Labute approximate surface area is 71.7 Å². The standard InChI is InChI=1S/C11H22/c1-5-6-7-8-9-10-11(2,3)4/h5-6H,7-10H2,1-4H3. The Morgan fingerprint density at radius 1 is 1.09 bits per heavy atom. The summed E-state index contributed by atoms with van der Waals surface area (Å²) in [6, 6.07) is 0. The molecule has 0 aromatic rings. The van der Waals surface area contributed by atoms with Crippen LogP contribution in [0.1, 0.15) is 53.4 Å². The maximum Gasteiger partial charge on any atom is -0.0351 e. The number of allylic oxidation sites excluding steroid dienone is 2. The molecule has 0 heterocycles. The van der Waals surface area contributed by atoms with Gasteiger partial charge in [-0.25, -0.2) is 0 Å². The summed E-state index contributed by atoms with van der Waals surface area (Å²) < 4.78 is 0. The largest absolute Gasteiger partial charge is 0.0917 e. The lowest BCUT2D eigenvalue weighted by Crippen LogP contribution is -2.03. The van der Waals surface area contributed by atoms with Gasteiger partial charge in [0.2, 0.25) is 0 Å². The second-order valence-corrected chi connectivity index (χ2v) is 4.38. The fraction of sp³-hybridized carbons (Fsp3) is 0.818. The summed E-state index contributed by atoms with van der Waals surface area (Å²) in [4.78, 5) is 0. The molecule has 0 radical (unpaired) electrons. The van der Waals surface area contributed by atoms with Gasteiger partial charge in [0.25, 0.3) is 0 Å². The van der Waals surface area contributed by atoms with Crippen LogP contribution >= 0.6 is 0 Å². The Balaban J connectivity index is 3.15. The second kappa shape index (κ2) is 5.40. The van der Waals surface area contributed by atoms with E-state index in [1.165, 1.54) is 25.7 Å². The molecule has 0 amide bonds. The zero-order chi connectivity index (χ0) is 8.74. The Kier molecular flexibility index (Phi) is 5.27. The zero-order valence-corrected chi connectivity index (χ0v) is 8.48. The fourth-order valence-corrected chi connectivity index (χ4v) is 1.08. The van der Waals surface area contributed by atoms with Crippen LogP contribution in [0, 0.1) is 5.41 Å². The maximum atomic E-state index is 2.31. The molecule has 0 nitrogen and oxygen atoms in total. The van der Waals surface area contributed by atoms with Gasteiger partial charge in [0.05, 0.1) is 0 Å². The van der Waals surface area contributed by atoms with Crippen LogP contribution in [0.5, 0.6) is 0 Å². The Bertz CT molecular complexity index is 104. The van der Waals surface area contributed by atoms with Crippen molar-refractivity contribution in [3.8, 4) is 0 Å². The summed E-state index contributed by atoms with van der Waals surface area (Å²) >= 11 is 0. The molecule has 0 atom stereocenters. The highest BCUT2D eigenvalue weighted by atomic mass is 14.1. The van der Waals surface area contributed by atoms with Crippen LogP contribution in [0.4, 0.5) is 0 Å². The normalized spacial score (nSPS) is 12.7. The van der Waals surface area contributed by atoms with E-state index >= 15 is 0 Å². The third-order valence-corrected chi connectivity index (χ3v) is 1.78. The number of hydrogen-bond donors (Lipinski definition) is 0. The molecule has 0 heteroatoms. The van der Waals surface area contributed by atoms with Crippen LogP contribution in [-0.4, -0.2) is 0 Å². The van der Waals surface area contributed by atoms with Crippen LogP contribution in [0.3, 0.4) is 0 Å². The van der Waals surface area contributed by atoms with E-state index in [1.807, 2.05) is 0 Å². The average molecular weight is 154 g/mol. The van der Waals surface area contributed by atoms with Crippen molar-refractivity contribution in [1.29, 1.82) is 0 Å². The minimum absolute atomic E-state index is 0.524. The van der Waals surface area contributed by atoms with E-state index in [1.54, 1.807) is 0 Å². The van der Waals surface area contributed by atoms with Crippen LogP contribution in [0.25, 0.3) is 0 Å². The third-order valence-electron chi connectivity index (χ3n) is 1.78. The van der Waals surface area contributed by atoms with Gasteiger partial charge in [-0.2, -0.15) is 0 Å². The first-order valence-corrected chi connectivity index (χ1v) is 4.67. The highest BCUT2D eigenvalue weighted by Gasteiger charge is 2.07. The van der Waals surface area contributed by atoms with Gasteiger partial charge in [0.15, 0.2) is 0 Å². The Morgan fingerprint density at radius 2 is 1.73 bits per heavy atom. The molecular formula is C11H22. The Hall–Kier alpha value is -0.260. The molecule has 0 aromatic carbocycles. The van der Waals surface area contributed by atoms with Crippen LogP contribution in [0.2, 0.25) is 0 Å². The molecule has 0 aliphatic rings. The first-order valence-electron chi connectivity index (χ1n) is 4.67. The van der Waals surface area contributed by atoms with Crippen LogP contribution in [0.15, 0.2) is 12.2 Å². The van der Waals surface area contributed by atoms with Crippen molar-refractivity contribution in [3.05, 3.63) is 12.2 Å². The van der Waals surface area contributed by atoms with Crippen LogP contribution < -0.4 is 0 Å². The minimum atomic E-state index is 0.524. The SMILES string of the molecule is CC=CCCCCC(C)(C)C. The molecule has 0 fully saturated rings. The number of rotatable bonds is 4. The lowest BCUT2D eigenvalue weighted by atomic mass is 9.89. The van der Waals surface area contributed by atoms with Crippen molar-refractivity contribution in [3.63, 3.8) is 0 Å². The summed E-state index contributed by atoms with van der Waals surface area (Å²) in [6.07, 6.45) is 9.71. The van der Waals surface area contributed by atoms with E-state index in [2.05, 4.69) is 39.8 Å². The van der Waals surface area contributed by atoms with Crippen molar-refractivity contribution in [2.24, 2.45) is 5.41 Å². The zero-order valence-electron chi connectivity index (χ0n) is 8.48. The molecule has 0 saturated heterocycles. The molecule has 0 unspecified atom stereocenters. The average Bonchev–Trinajstić information content (AvgIpc) is 1.85. The van der Waals surface area contributed by atoms with Gasteiger partial charge in [-0.05, 0) is 31.6 Å². The van der Waals surface area contributed by atoms with E-state index in [9.17, 15) is 0 Å². The van der Waals surface area contributed by atoms with E-state index in [0.717, 1.165) is 0 Å². The quantitative estimate of drug-likeness (QED) is 0.421. The van der Waals surface area contributed by atoms with Gasteiger partial charge in [0.1, 0.15) is 0 Å². The highest BCUT2D eigenvalue weighted by Crippen LogP contribution is 2.21. The second-order valence-electron chi connectivity index (χ2n) is 4.38. The van der Waals surface area contributed by atoms with Crippen molar-refractivity contribution in [2.75, 3.05) is 0 Å². The molecule has 0 aromatic heterocycles. The number of hydrogen-bond acceptors (Lipinski definition) is 0. The molecule has 0 saturated carbocycles. The van der Waals surface area contributed by atoms with Crippen LogP contribution in [-0.2, 0) is 0 Å². The van der Waals surface area contributed by atoms with E-state index in [0.29, 0.717) is 5.41 Å². The molecular weight excluding hydrogens is 132 g/mol. The van der Waals surface area contributed by atoms with Crippen molar-refractivity contribution >= 4 is 0 Å². The fourth-order valence-electron chi connectivity index (χ4n) is 1.08. The van der Waals surface area contributed by atoms with E-state index in [-0.39, 0.29) is 0 Å². The Morgan fingerprint density at radius 3 is 2.18 bits per heavy atom. The van der Waals surface area contributed by atoms with Gasteiger partial charge in [-0.3, -0.25) is 0 Å². The monoisotopic (exact) mass is 154 g/mol. The predicted molar refractivity (Wildman–Crippen MR) is 52.7 cm³/mol. The summed E-state index contributed by atoms with van der Waals surface area (Å²) in [5.74, 6) is 0. The summed E-state index contributed by atoms with van der Waals surface area (Å²) in [7, 11) is 0. The van der Waals surface area contributed by atoms with E-state index in [4.69, 9.17) is 0 Å². The molecule has 0 aliphatic carbocycles. The van der Waals surface area contributed by atoms with Crippen molar-refractivity contribution < 1.29 is 0 Å². The molecule has 0 bridgehead atoms. The number of unbranched alkanes of at least 4 members (excludes halogenated alkanes) is 2. The van der Waals surface area contributed by atoms with Gasteiger partial charge < -0.3 is 0 Å². The van der Waals surface area contributed by atoms with E-state index < -0.39 is 0 Å². The predicted octanol–water partition coefficient (Wildman–Crippen LogP) is 4.17. The lowest BCUT2D eigenvalue weighted by molar-refractivity contribution is 0.361. The maximum absolute atomic E-state index is 2.31. The highest BCUT2D eigenvalue weighted by molar-refractivity contribution is 4.76. The molecule has 11 heavy (non-hydrogen) atoms. The third kappa shape index (κ3) is 9.74. The van der Waals surface area contributed by atoms with Crippen molar-refractivity contribution in [2.45, 2.75) is 53.4 Å². The first-order chi connectivity index (χ1) is 5.06. The van der Waals surface area contributed by atoms with Gasteiger partial charge in [0, 0.05) is 0 Å². The van der Waals surface area contributed by atoms with Gasteiger partial charge >= 0.3 is 0 Å². The minimum Gasteiger partial charge on any atom is -0.0917 e. The molecule has 0 N–H and O–H groups in total. The first kappa shape index (κ1) is 10.7. The lowest BCUT2D eigenvalue weighted by Gasteiger charge is -2.16. The van der Waals surface area contributed by atoms with Gasteiger partial charge in [-0.1, -0.05) is 39.3 Å². The topological polar surface area (TPSA) is 0 Å². The summed E-state index contributed by atoms with van der Waals surface area (Å²) in [5, 5.41) is 0. The summed E-state index contributed by atoms with van der Waals surface area (Å²) in [6.45, 7) is 9.01. The summed E-state index contributed by atoms with van der Waals surface area (Å²) in [5.41, 5.74) is 0.524. The molecule has 66 valence electrons. The molecule has 0 rings (SSSR count). The molecule has 0 spiro atoms. The van der Waals surface area contributed by atoms with Gasteiger partial charge in [-0.15, -0.1) is 0 Å². The molecule has 0 aliphatic heterocycles. The van der Waals surface area contributed by atoms with Crippen molar-refractivity contribution in [1.82, 2.24) is 0 Å².